The molecule has 0 radical (unpaired) electrons. The molecule has 0 fully saturated rings. The lowest BCUT2D eigenvalue weighted by Crippen LogP contribution is -2.48. The van der Waals surface area contributed by atoms with E-state index in [0.717, 1.165) is 22.3 Å². The van der Waals surface area contributed by atoms with Crippen LogP contribution in [-0.4, -0.2) is 43.7 Å². The van der Waals surface area contributed by atoms with Crippen LogP contribution in [0.25, 0.3) is 5.57 Å². The molecule has 0 unspecified atom stereocenters. The molecule has 0 aliphatic heterocycles. The topological polar surface area (TPSA) is 77.1 Å². The smallest absolute Gasteiger partial charge is 0.408 e. The van der Waals surface area contributed by atoms with E-state index in [1.165, 1.54) is 0 Å². The van der Waals surface area contributed by atoms with Gasteiger partial charge in [0.1, 0.15) is 24.1 Å². The number of hydrogen-bond donors (Lipinski definition) is 1. The van der Waals surface area contributed by atoms with E-state index >= 15 is 0 Å². The minimum Gasteiger partial charge on any atom is -0.497 e. The molecule has 0 bridgehead atoms. The zero-order chi connectivity index (χ0) is 27.3. The monoisotopic (exact) mass is 514 g/mol. The maximum absolute atomic E-state index is 13.8. The van der Waals surface area contributed by atoms with Crippen LogP contribution < -0.4 is 14.8 Å². The van der Waals surface area contributed by atoms with Crippen molar-refractivity contribution in [2.24, 2.45) is 0 Å². The number of carbonyl (C=O) groups is 2. The highest BCUT2D eigenvalue weighted by Gasteiger charge is 2.27. The van der Waals surface area contributed by atoms with Gasteiger partial charge in [-0.1, -0.05) is 73.3 Å². The van der Waals surface area contributed by atoms with Crippen LogP contribution in [0.3, 0.4) is 0 Å². The average molecular weight is 515 g/mol. The first-order valence-electron chi connectivity index (χ1n) is 12.3. The number of alkyl carbamates (subject to hydrolysis) is 1. The van der Waals surface area contributed by atoms with E-state index in [4.69, 9.17) is 14.2 Å². The number of rotatable bonds is 13. The third-order valence-electron chi connectivity index (χ3n) is 5.94. The minimum absolute atomic E-state index is 0.0965. The van der Waals surface area contributed by atoms with E-state index in [2.05, 4.69) is 18.5 Å². The Morgan fingerprint density at radius 2 is 1.66 bits per heavy atom. The van der Waals surface area contributed by atoms with Gasteiger partial charge >= 0.3 is 6.09 Å². The summed E-state index contributed by atoms with van der Waals surface area (Å²) in [6.07, 6.45) is 1.14. The fourth-order valence-electron chi connectivity index (χ4n) is 3.91. The Hall–Kier alpha value is -4.52. The summed E-state index contributed by atoms with van der Waals surface area (Å²) in [6, 6.07) is 23.6. The number of ether oxygens (including phenoxy) is 3. The van der Waals surface area contributed by atoms with E-state index < -0.39 is 12.1 Å². The second-order valence-electron chi connectivity index (χ2n) is 8.62. The van der Waals surface area contributed by atoms with Gasteiger partial charge in [-0.2, -0.15) is 0 Å². The molecule has 198 valence electrons. The van der Waals surface area contributed by atoms with Crippen molar-refractivity contribution in [2.75, 3.05) is 20.8 Å². The molecule has 1 atom stereocenters. The molecular weight excluding hydrogens is 480 g/mol. The normalized spacial score (nSPS) is 11.1. The summed E-state index contributed by atoms with van der Waals surface area (Å²) in [5, 5.41) is 2.71. The Balaban J connectivity index is 1.82. The van der Waals surface area contributed by atoms with Crippen molar-refractivity contribution in [1.82, 2.24) is 10.2 Å². The van der Waals surface area contributed by atoms with Gasteiger partial charge < -0.3 is 24.4 Å². The van der Waals surface area contributed by atoms with Gasteiger partial charge in [0.15, 0.2) is 0 Å². The molecule has 7 nitrogen and oxygen atoms in total. The van der Waals surface area contributed by atoms with E-state index in [9.17, 15) is 9.59 Å². The first-order chi connectivity index (χ1) is 18.4. The molecule has 3 aromatic rings. The summed E-state index contributed by atoms with van der Waals surface area (Å²) in [6.45, 7) is 8.55. The molecule has 38 heavy (non-hydrogen) atoms. The molecule has 0 aromatic heterocycles. The van der Waals surface area contributed by atoms with E-state index in [-0.39, 0.29) is 32.0 Å². The Morgan fingerprint density at radius 3 is 2.29 bits per heavy atom. The second kappa shape index (κ2) is 14.3. The van der Waals surface area contributed by atoms with Gasteiger partial charge in [-0.3, -0.25) is 4.79 Å². The standard InChI is InChI=1S/C31H34N2O5/c1-5-12-28(32-31(35)38-22-24-13-8-6-9-14-24)30(34)33(20-23(2)25-15-10-7-11-16-25)21-26-17-18-27(36-3)19-29(26)37-4/h5-11,13-19,28H,1-2,12,20-22H2,3-4H3,(H,32,35)/t28-/m1/s1. The van der Waals surface area contributed by atoms with E-state index in [0.29, 0.717) is 11.5 Å². The fourth-order valence-corrected chi connectivity index (χ4v) is 3.91. The summed E-state index contributed by atoms with van der Waals surface area (Å²) in [5.74, 6) is 0.934. The maximum atomic E-state index is 13.8. The predicted octanol–water partition coefficient (Wildman–Crippen LogP) is 5.62. The molecule has 0 saturated carbocycles. The zero-order valence-corrected chi connectivity index (χ0v) is 21.9. The second-order valence-corrected chi connectivity index (χ2v) is 8.62. The summed E-state index contributed by atoms with van der Waals surface area (Å²) >= 11 is 0. The minimum atomic E-state index is -0.872. The van der Waals surface area contributed by atoms with Gasteiger partial charge in [-0.15, -0.1) is 6.58 Å². The Labute approximate surface area is 224 Å². The highest BCUT2D eigenvalue weighted by atomic mass is 16.5. The van der Waals surface area contributed by atoms with Crippen molar-refractivity contribution in [3.05, 3.63) is 115 Å². The van der Waals surface area contributed by atoms with Crippen molar-refractivity contribution in [3.63, 3.8) is 0 Å². The molecule has 0 aliphatic rings. The lowest BCUT2D eigenvalue weighted by atomic mass is 10.1. The van der Waals surface area contributed by atoms with Crippen LogP contribution in [0.1, 0.15) is 23.1 Å². The molecule has 0 heterocycles. The zero-order valence-electron chi connectivity index (χ0n) is 21.9. The molecule has 0 spiro atoms. The van der Waals surface area contributed by atoms with Crippen molar-refractivity contribution in [2.45, 2.75) is 25.6 Å². The highest BCUT2D eigenvalue weighted by Crippen LogP contribution is 2.27. The summed E-state index contributed by atoms with van der Waals surface area (Å²) in [4.78, 5) is 28.1. The maximum Gasteiger partial charge on any atom is 0.408 e. The average Bonchev–Trinajstić information content (AvgIpc) is 2.96. The summed E-state index contributed by atoms with van der Waals surface area (Å²) in [7, 11) is 3.15. The SMILES string of the molecule is C=CC[C@@H](NC(=O)OCc1ccccc1)C(=O)N(CC(=C)c1ccccc1)Cc1ccc(OC)cc1OC. The molecule has 7 heteroatoms. The van der Waals surface area contributed by atoms with Crippen LogP contribution in [-0.2, 0) is 22.7 Å². The van der Waals surface area contributed by atoms with Gasteiger partial charge in [-0.25, -0.2) is 4.79 Å². The molecule has 3 aromatic carbocycles. The van der Waals surface area contributed by atoms with Crippen LogP contribution in [0.15, 0.2) is 98.1 Å². The first-order valence-corrected chi connectivity index (χ1v) is 12.3. The number of hydrogen-bond acceptors (Lipinski definition) is 5. The third kappa shape index (κ3) is 8.00. The number of carbonyl (C=O) groups excluding carboxylic acids is 2. The summed E-state index contributed by atoms with van der Waals surface area (Å²) < 4.78 is 16.2. The van der Waals surface area contributed by atoms with Crippen LogP contribution >= 0.6 is 0 Å². The van der Waals surface area contributed by atoms with Crippen molar-refractivity contribution < 1.29 is 23.8 Å². The van der Waals surface area contributed by atoms with E-state index in [1.807, 2.05) is 72.8 Å². The molecule has 0 aliphatic carbocycles. The Morgan fingerprint density at radius 1 is 0.974 bits per heavy atom. The van der Waals surface area contributed by atoms with Gasteiger partial charge in [0.2, 0.25) is 5.91 Å². The largest absolute Gasteiger partial charge is 0.497 e. The Bertz CT molecular complexity index is 1230. The van der Waals surface area contributed by atoms with Gasteiger partial charge in [0.25, 0.3) is 0 Å². The van der Waals surface area contributed by atoms with Crippen molar-refractivity contribution in [3.8, 4) is 11.5 Å². The summed E-state index contributed by atoms with van der Waals surface area (Å²) in [5.41, 5.74) is 3.31. The number of amides is 2. The van der Waals surface area contributed by atoms with Gasteiger partial charge in [0, 0.05) is 24.7 Å². The first kappa shape index (κ1) is 28.1. The number of nitrogens with zero attached hydrogens (tertiary/aromatic N) is 1. The fraction of sp³-hybridized carbons (Fsp3) is 0.226. The lowest BCUT2D eigenvalue weighted by molar-refractivity contribution is -0.133. The van der Waals surface area contributed by atoms with Crippen LogP contribution in [0.5, 0.6) is 11.5 Å². The van der Waals surface area contributed by atoms with E-state index in [1.54, 1.807) is 31.3 Å². The number of methoxy groups -OCH3 is 2. The molecule has 2 amide bonds. The highest BCUT2D eigenvalue weighted by molar-refractivity contribution is 5.87. The van der Waals surface area contributed by atoms with Crippen molar-refractivity contribution >= 4 is 17.6 Å². The molecule has 3 rings (SSSR count). The number of benzene rings is 3. The molecule has 0 saturated heterocycles. The molecule has 1 N–H and O–H groups in total. The molecular formula is C31H34N2O5. The van der Waals surface area contributed by atoms with Gasteiger partial charge in [-0.05, 0) is 35.3 Å². The van der Waals surface area contributed by atoms with Crippen LogP contribution in [0.2, 0.25) is 0 Å². The quantitative estimate of drug-likeness (QED) is 0.300. The Kier molecular flexibility index (Phi) is 10.5. The number of nitrogens with one attached hydrogen (secondary N) is 1. The van der Waals surface area contributed by atoms with Crippen LogP contribution in [0, 0.1) is 0 Å². The van der Waals surface area contributed by atoms with Crippen LogP contribution in [0.4, 0.5) is 4.79 Å². The van der Waals surface area contributed by atoms with Crippen molar-refractivity contribution in [1.29, 1.82) is 0 Å². The van der Waals surface area contributed by atoms with Gasteiger partial charge in [0.05, 0.1) is 14.2 Å². The predicted molar refractivity (Wildman–Crippen MR) is 149 cm³/mol. The third-order valence-corrected chi connectivity index (χ3v) is 5.94. The lowest BCUT2D eigenvalue weighted by Gasteiger charge is -2.29.